The second kappa shape index (κ2) is 10.8. The standard InChI is InChI=1S/C32H27F4N5O4/c1-30(15-25-38-9-10-39-25)16-45-28-22(30)13-24(41-27(28)17-3-6-20(33)7-4-17)31(43,32(34,35)36)14-21-8-5-18-11-19(29(37)42)12-23(44-2)26(18)40-21/h3-13,43H,14-16H2,1-2H3,(H2,37,42)(H,38,39)/t30-,31-/m0/s1. The number of carbonyl (C=O) groups is 1. The fraction of sp³-hybridized carbons (Fsp3) is 0.250. The highest BCUT2D eigenvalue weighted by atomic mass is 19.4. The Morgan fingerprint density at radius 1 is 1.13 bits per heavy atom. The van der Waals surface area contributed by atoms with Crippen molar-refractivity contribution >= 4 is 16.8 Å². The number of benzene rings is 2. The number of amides is 1. The molecule has 0 saturated carbocycles. The molecule has 0 radical (unpaired) electrons. The summed E-state index contributed by atoms with van der Waals surface area (Å²) >= 11 is 0. The van der Waals surface area contributed by atoms with E-state index in [-0.39, 0.29) is 40.6 Å². The molecule has 0 fully saturated rings. The molecule has 0 aliphatic carbocycles. The van der Waals surface area contributed by atoms with Gasteiger partial charge in [0.2, 0.25) is 11.5 Å². The molecule has 0 unspecified atom stereocenters. The van der Waals surface area contributed by atoms with Gasteiger partial charge in [-0.3, -0.25) is 4.79 Å². The minimum Gasteiger partial charge on any atom is -0.494 e. The van der Waals surface area contributed by atoms with Crippen molar-refractivity contribution in [2.24, 2.45) is 5.73 Å². The highest BCUT2D eigenvalue weighted by molar-refractivity contribution is 5.99. The molecule has 6 rings (SSSR count). The number of nitrogens with zero attached hydrogens (tertiary/aromatic N) is 3. The lowest BCUT2D eigenvalue weighted by molar-refractivity contribution is -0.268. The average Bonchev–Trinajstić information content (AvgIpc) is 3.63. The number of imidazole rings is 1. The number of methoxy groups -OCH3 is 1. The zero-order valence-corrected chi connectivity index (χ0v) is 24.1. The third kappa shape index (κ3) is 5.33. The van der Waals surface area contributed by atoms with Crippen molar-refractivity contribution in [3.8, 4) is 22.8 Å². The first-order chi connectivity index (χ1) is 21.3. The fourth-order valence-corrected chi connectivity index (χ4v) is 5.60. The van der Waals surface area contributed by atoms with Crippen LogP contribution in [0.2, 0.25) is 0 Å². The fourth-order valence-electron chi connectivity index (χ4n) is 5.60. The molecule has 1 aliphatic rings. The molecule has 0 spiro atoms. The van der Waals surface area contributed by atoms with Gasteiger partial charge in [0.25, 0.3) is 0 Å². The van der Waals surface area contributed by atoms with Crippen molar-refractivity contribution in [2.45, 2.75) is 37.0 Å². The van der Waals surface area contributed by atoms with Crippen LogP contribution in [0, 0.1) is 5.82 Å². The van der Waals surface area contributed by atoms with E-state index in [2.05, 4.69) is 19.9 Å². The number of rotatable bonds is 8. The topological polar surface area (TPSA) is 136 Å². The molecule has 0 bridgehead atoms. The number of alkyl halides is 3. The Morgan fingerprint density at radius 2 is 1.89 bits per heavy atom. The minimum absolute atomic E-state index is 0.0282. The number of ether oxygens (including phenoxy) is 2. The van der Waals surface area contributed by atoms with Crippen LogP contribution in [-0.2, 0) is 23.9 Å². The monoisotopic (exact) mass is 621 g/mol. The van der Waals surface area contributed by atoms with E-state index < -0.39 is 41.0 Å². The number of nitrogens with one attached hydrogen (secondary N) is 1. The van der Waals surface area contributed by atoms with Gasteiger partial charge in [0, 0.05) is 58.4 Å². The minimum atomic E-state index is -5.21. The maximum absolute atomic E-state index is 15.0. The first kappa shape index (κ1) is 30.0. The summed E-state index contributed by atoms with van der Waals surface area (Å²) < 4.78 is 70.2. The molecule has 2 atom stereocenters. The number of primary amides is 1. The van der Waals surface area contributed by atoms with Gasteiger partial charge in [-0.1, -0.05) is 13.0 Å². The number of nitrogens with two attached hydrogens (primary N) is 1. The third-order valence-corrected chi connectivity index (χ3v) is 8.04. The van der Waals surface area contributed by atoms with Gasteiger partial charge in [-0.15, -0.1) is 0 Å². The van der Waals surface area contributed by atoms with Gasteiger partial charge in [-0.05, 0) is 48.5 Å². The van der Waals surface area contributed by atoms with Crippen LogP contribution in [0.1, 0.15) is 40.1 Å². The molecular weight excluding hydrogens is 594 g/mol. The Morgan fingerprint density at radius 3 is 2.53 bits per heavy atom. The zero-order chi connectivity index (χ0) is 32.1. The number of pyridine rings is 2. The maximum atomic E-state index is 15.0. The third-order valence-electron chi connectivity index (χ3n) is 8.04. The molecule has 4 heterocycles. The van der Waals surface area contributed by atoms with Gasteiger partial charge in [-0.25, -0.2) is 19.3 Å². The molecule has 1 aliphatic heterocycles. The first-order valence-corrected chi connectivity index (χ1v) is 13.8. The quantitative estimate of drug-likeness (QED) is 0.204. The van der Waals surface area contributed by atoms with Crippen LogP contribution in [0.25, 0.3) is 22.2 Å². The van der Waals surface area contributed by atoms with Crippen LogP contribution in [0.15, 0.2) is 67.0 Å². The van der Waals surface area contributed by atoms with Crippen LogP contribution in [0.4, 0.5) is 17.6 Å². The molecule has 1 amide bonds. The summed E-state index contributed by atoms with van der Waals surface area (Å²) in [5, 5.41) is 12.0. The van der Waals surface area contributed by atoms with Gasteiger partial charge in [0.15, 0.2) is 0 Å². The van der Waals surface area contributed by atoms with Crippen molar-refractivity contribution < 1.29 is 36.9 Å². The second-order valence-corrected chi connectivity index (χ2v) is 11.3. The lowest BCUT2D eigenvalue weighted by atomic mass is 9.79. The van der Waals surface area contributed by atoms with Crippen molar-refractivity contribution in [1.29, 1.82) is 0 Å². The van der Waals surface area contributed by atoms with E-state index in [0.717, 1.165) is 0 Å². The first-order valence-electron chi connectivity index (χ1n) is 13.8. The Kier molecular flexibility index (Phi) is 7.23. The predicted molar refractivity (Wildman–Crippen MR) is 155 cm³/mol. The van der Waals surface area contributed by atoms with Crippen LogP contribution in [0.5, 0.6) is 11.5 Å². The summed E-state index contributed by atoms with van der Waals surface area (Å²) in [5.74, 6) is -0.298. The number of aromatic amines is 1. The molecule has 2 aromatic carbocycles. The summed E-state index contributed by atoms with van der Waals surface area (Å²) in [6.07, 6.45) is -2.71. The Balaban J connectivity index is 1.52. The van der Waals surface area contributed by atoms with E-state index in [9.17, 15) is 14.3 Å². The van der Waals surface area contributed by atoms with Gasteiger partial charge >= 0.3 is 6.18 Å². The molecule has 0 saturated heterocycles. The highest BCUT2D eigenvalue weighted by Crippen LogP contribution is 2.49. The number of fused-ring (bicyclic) bond motifs is 2. The van der Waals surface area contributed by atoms with Gasteiger partial charge < -0.3 is 25.3 Å². The molecule has 4 N–H and O–H groups in total. The smallest absolute Gasteiger partial charge is 0.423 e. The number of aliphatic hydroxyl groups is 1. The Labute approximate surface area is 254 Å². The zero-order valence-electron chi connectivity index (χ0n) is 24.1. The van der Waals surface area contributed by atoms with Gasteiger partial charge in [0.05, 0.1) is 19.4 Å². The lowest BCUT2D eigenvalue weighted by Gasteiger charge is -2.31. The maximum Gasteiger partial charge on any atom is 0.423 e. The number of hydrogen-bond donors (Lipinski definition) is 3. The summed E-state index contributed by atoms with van der Waals surface area (Å²) in [5.41, 5.74) is 1.28. The van der Waals surface area contributed by atoms with Crippen molar-refractivity contribution in [2.75, 3.05) is 13.7 Å². The van der Waals surface area contributed by atoms with E-state index in [1.807, 2.05) is 6.92 Å². The van der Waals surface area contributed by atoms with Gasteiger partial charge in [-0.2, -0.15) is 13.2 Å². The van der Waals surface area contributed by atoms with Crippen LogP contribution in [-0.4, -0.2) is 50.8 Å². The number of carbonyl (C=O) groups excluding carboxylic acids is 1. The second-order valence-electron chi connectivity index (χ2n) is 11.3. The Hall–Kier alpha value is -5.04. The van der Waals surface area contributed by atoms with E-state index in [1.54, 1.807) is 12.4 Å². The summed E-state index contributed by atoms with van der Waals surface area (Å²) in [7, 11) is 1.33. The van der Waals surface area contributed by atoms with Gasteiger partial charge in [0.1, 0.15) is 34.4 Å². The molecule has 5 aromatic rings. The van der Waals surface area contributed by atoms with Crippen LogP contribution < -0.4 is 15.2 Å². The summed E-state index contributed by atoms with van der Waals surface area (Å²) in [4.78, 5) is 27.7. The van der Waals surface area contributed by atoms with Crippen LogP contribution >= 0.6 is 0 Å². The molecule has 13 heteroatoms. The molecular formula is C32H27F4N5O4. The highest BCUT2D eigenvalue weighted by Gasteiger charge is 2.57. The molecule has 3 aromatic heterocycles. The molecule has 9 nitrogen and oxygen atoms in total. The summed E-state index contributed by atoms with van der Waals surface area (Å²) in [6, 6.07) is 11.9. The number of hydrogen-bond acceptors (Lipinski definition) is 7. The van der Waals surface area contributed by atoms with Crippen molar-refractivity contribution in [1.82, 2.24) is 19.9 Å². The Bertz CT molecular complexity index is 1910. The number of halogens is 4. The van der Waals surface area contributed by atoms with Crippen molar-refractivity contribution in [3.63, 3.8) is 0 Å². The number of H-pyrrole nitrogens is 1. The normalized spacial score (nSPS) is 17.5. The largest absolute Gasteiger partial charge is 0.494 e. The lowest BCUT2D eigenvalue weighted by Crippen LogP contribution is -2.45. The number of aromatic nitrogens is 4. The van der Waals surface area contributed by atoms with E-state index in [4.69, 9.17) is 15.2 Å². The van der Waals surface area contributed by atoms with E-state index in [1.165, 1.54) is 61.7 Å². The van der Waals surface area contributed by atoms with Crippen molar-refractivity contribution in [3.05, 3.63) is 101 Å². The van der Waals surface area contributed by atoms with Crippen LogP contribution in [0.3, 0.4) is 0 Å². The molecule has 232 valence electrons. The van der Waals surface area contributed by atoms with E-state index >= 15 is 13.2 Å². The molecule has 45 heavy (non-hydrogen) atoms. The SMILES string of the molecule is COc1cc(C(N)=O)cc2ccc(C[C@](O)(c3cc4c(c(-c5ccc(F)cc5)n3)OC[C@]4(C)Cc3ncc[nH]3)C(F)(F)F)nc12. The summed E-state index contributed by atoms with van der Waals surface area (Å²) in [6.45, 7) is 1.93. The average molecular weight is 622 g/mol. The van der Waals surface area contributed by atoms with E-state index in [0.29, 0.717) is 28.8 Å². The predicted octanol–water partition coefficient (Wildman–Crippen LogP) is 5.15.